The molecule has 1 heterocycles. The van der Waals surface area contributed by atoms with Gasteiger partial charge >= 0.3 is 0 Å². The Morgan fingerprint density at radius 3 is 2.75 bits per heavy atom. The molecule has 2 aromatic rings. The van der Waals surface area contributed by atoms with Crippen LogP contribution in [0, 0.1) is 0 Å². The van der Waals surface area contributed by atoms with Crippen LogP contribution in [0.1, 0.15) is 23.6 Å². The lowest BCUT2D eigenvalue weighted by atomic mass is 9.94. The predicted octanol–water partition coefficient (Wildman–Crippen LogP) is 3.09. The summed E-state index contributed by atoms with van der Waals surface area (Å²) in [6.45, 7) is 0. The van der Waals surface area contributed by atoms with E-state index in [4.69, 9.17) is 15.2 Å². The summed E-state index contributed by atoms with van der Waals surface area (Å²) in [5.41, 5.74) is 8.59. The van der Waals surface area contributed by atoms with Crippen molar-refractivity contribution in [3.63, 3.8) is 0 Å². The van der Waals surface area contributed by atoms with E-state index in [0.717, 1.165) is 29.9 Å². The van der Waals surface area contributed by atoms with Crippen molar-refractivity contribution in [2.45, 2.75) is 25.0 Å². The highest BCUT2D eigenvalue weighted by atomic mass is 16.5. The molecule has 3 heteroatoms. The molecule has 1 aliphatic heterocycles. The zero-order valence-corrected chi connectivity index (χ0v) is 11.6. The smallest absolute Gasteiger partial charge is 0.124 e. The van der Waals surface area contributed by atoms with Gasteiger partial charge in [-0.05, 0) is 23.8 Å². The molecule has 0 bridgehead atoms. The number of fused-ring (bicyclic) bond motifs is 1. The minimum absolute atomic E-state index is 0.00237. The first-order valence-corrected chi connectivity index (χ1v) is 6.90. The van der Waals surface area contributed by atoms with Gasteiger partial charge in [0.15, 0.2) is 0 Å². The molecule has 1 unspecified atom stereocenters. The van der Waals surface area contributed by atoms with Gasteiger partial charge in [0, 0.05) is 24.4 Å². The molecule has 20 heavy (non-hydrogen) atoms. The Hall–Kier alpha value is -2.00. The van der Waals surface area contributed by atoms with Crippen LogP contribution in [-0.2, 0) is 6.42 Å². The SMILES string of the molecule is COc1ccc2c(c1)[C@@H](N)CC(Cc1ccccc1)O2. The lowest BCUT2D eigenvalue weighted by Crippen LogP contribution is -2.31. The van der Waals surface area contributed by atoms with Gasteiger partial charge < -0.3 is 15.2 Å². The predicted molar refractivity (Wildman–Crippen MR) is 79.1 cm³/mol. The van der Waals surface area contributed by atoms with Gasteiger partial charge in [-0.2, -0.15) is 0 Å². The molecule has 3 rings (SSSR count). The average molecular weight is 269 g/mol. The third kappa shape index (κ3) is 2.63. The van der Waals surface area contributed by atoms with Gasteiger partial charge in [0.25, 0.3) is 0 Å². The number of ether oxygens (including phenoxy) is 2. The van der Waals surface area contributed by atoms with Gasteiger partial charge in [0.05, 0.1) is 7.11 Å². The zero-order valence-electron chi connectivity index (χ0n) is 11.6. The molecule has 0 saturated heterocycles. The lowest BCUT2D eigenvalue weighted by Gasteiger charge is -2.30. The number of nitrogens with two attached hydrogens (primary N) is 1. The van der Waals surface area contributed by atoms with E-state index in [-0.39, 0.29) is 12.1 Å². The third-order valence-electron chi connectivity index (χ3n) is 3.73. The molecular formula is C17H19NO2. The van der Waals surface area contributed by atoms with Gasteiger partial charge in [-0.15, -0.1) is 0 Å². The summed E-state index contributed by atoms with van der Waals surface area (Å²) >= 11 is 0. The van der Waals surface area contributed by atoms with E-state index >= 15 is 0 Å². The summed E-state index contributed by atoms with van der Waals surface area (Å²) < 4.78 is 11.3. The van der Waals surface area contributed by atoms with Gasteiger partial charge in [0.2, 0.25) is 0 Å². The van der Waals surface area contributed by atoms with Crippen LogP contribution >= 0.6 is 0 Å². The highest BCUT2D eigenvalue weighted by Crippen LogP contribution is 2.36. The number of rotatable bonds is 3. The fourth-order valence-corrected chi connectivity index (χ4v) is 2.69. The van der Waals surface area contributed by atoms with E-state index in [1.54, 1.807) is 7.11 Å². The van der Waals surface area contributed by atoms with Crippen LogP contribution in [0.2, 0.25) is 0 Å². The van der Waals surface area contributed by atoms with E-state index in [2.05, 4.69) is 24.3 Å². The molecule has 104 valence electrons. The Morgan fingerprint density at radius 2 is 2.00 bits per heavy atom. The van der Waals surface area contributed by atoms with Crippen molar-refractivity contribution in [3.05, 3.63) is 59.7 Å². The van der Waals surface area contributed by atoms with Gasteiger partial charge in [-0.25, -0.2) is 0 Å². The van der Waals surface area contributed by atoms with E-state index in [0.29, 0.717) is 0 Å². The second-order valence-corrected chi connectivity index (χ2v) is 5.18. The molecule has 0 saturated carbocycles. The van der Waals surface area contributed by atoms with E-state index in [1.165, 1.54) is 5.56 Å². The molecule has 0 spiro atoms. The lowest BCUT2D eigenvalue weighted by molar-refractivity contribution is 0.159. The Labute approximate surface area is 119 Å². The van der Waals surface area contributed by atoms with Crippen molar-refractivity contribution in [1.82, 2.24) is 0 Å². The normalized spacial score (nSPS) is 20.9. The van der Waals surface area contributed by atoms with Gasteiger partial charge in [-0.1, -0.05) is 30.3 Å². The molecule has 2 atom stereocenters. The highest BCUT2D eigenvalue weighted by Gasteiger charge is 2.26. The molecule has 0 aromatic heterocycles. The second-order valence-electron chi connectivity index (χ2n) is 5.18. The fourth-order valence-electron chi connectivity index (χ4n) is 2.69. The van der Waals surface area contributed by atoms with E-state index < -0.39 is 0 Å². The maximum atomic E-state index is 6.28. The van der Waals surface area contributed by atoms with Gasteiger partial charge in [-0.3, -0.25) is 0 Å². The minimum atomic E-state index is 0.00237. The summed E-state index contributed by atoms with van der Waals surface area (Å²) in [6, 6.07) is 16.2. The molecule has 0 radical (unpaired) electrons. The molecule has 2 N–H and O–H groups in total. The number of methoxy groups -OCH3 is 1. The monoisotopic (exact) mass is 269 g/mol. The maximum Gasteiger partial charge on any atom is 0.124 e. The highest BCUT2D eigenvalue weighted by molar-refractivity contribution is 5.43. The Kier molecular flexibility index (Phi) is 3.61. The Bertz CT molecular complexity index is 583. The largest absolute Gasteiger partial charge is 0.497 e. The van der Waals surface area contributed by atoms with Crippen LogP contribution in [0.25, 0.3) is 0 Å². The van der Waals surface area contributed by atoms with Crippen molar-refractivity contribution in [2.75, 3.05) is 7.11 Å². The third-order valence-corrected chi connectivity index (χ3v) is 3.73. The van der Waals surface area contributed by atoms with Crippen molar-refractivity contribution in [2.24, 2.45) is 5.73 Å². The Balaban J connectivity index is 1.79. The fraction of sp³-hybridized carbons (Fsp3) is 0.294. The quantitative estimate of drug-likeness (QED) is 0.931. The number of benzene rings is 2. The maximum absolute atomic E-state index is 6.28. The van der Waals surface area contributed by atoms with Crippen molar-refractivity contribution in [3.8, 4) is 11.5 Å². The second kappa shape index (κ2) is 5.55. The van der Waals surface area contributed by atoms with Crippen LogP contribution in [0.4, 0.5) is 0 Å². The van der Waals surface area contributed by atoms with Crippen LogP contribution in [-0.4, -0.2) is 13.2 Å². The topological polar surface area (TPSA) is 44.5 Å². The first-order valence-electron chi connectivity index (χ1n) is 6.90. The minimum Gasteiger partial charge on any atom is -0.497 e. The summed E-state index contributed by atoms with van der Waals surface area (Å²) in [6.07, 6.45) is 1.85. The van der Waals surface area contributed by atoms with Gasteiger partial charge in [0.1, 0.15) is 17.6 Å². The number of hydrogen-bond donors (Lipinski definition) is 1. The van der Waals surface area contributed by atoms with Crippen LogP contribution in [0.5, 0.6) is 11.5 Å². The zero-order chi connectivity index (χ0) is 13.9. The molecule has 2 aromatic carbocycles. The molecule has 0 aliphatic carbocycles. The van der Waals surface area contributed by atoms with Crippen LogP contribution < -0.4 is 15.2 Å². The van der Waals surface area contributed by atoms with Crippen molar-refractivity contribution >= 4 is 0 Å². The molecule has 0 fully saturated rings. The first-order chi connectivity index (χ1) is 9.76. The average Bonchev–Trinajstić information content (AvgIpc) is 2.48. The van der Waals surface area contributed by atoms with Crippen LogP contribution in [0.15, 0.2) is 48.5 Å². The molecule has 3 nitrogen and oxygen atoms in total. The molecule has 1 aliphatic rings. The Morgan fingerprint density at radius 1 is 1.20 bits per heavy atom. The van der Waals surface area contributed by atoms with Crippen molar-refractivity contribution in [1.29, 1.82) is 0 Å². The first kappa shape index (κ1) is 13.0. The van der Waals surface area contributed by atoms with E-state index in [9.17, 15) is 0 Å². The van der Waals surface area contributed by atoms with E-state index in [1.807, 2.05) is 24.3 Å². The van der Waals surface area contributed by atoms with Crippen molar-refractivity contribution < 1.29 is 9.47 Å². The summed E-state index contributed by atoms with van der Waals surface area (Å²) in [7, 11) is 1.66. The summed E-state index contributed by atoms with van der Waals surface area (Å²) in [5, 5.41) is 0. The summed E-state index contributed by atoms with van der Waals surface area (Å²) in [4.78, 5) is 0. The number of hydrogen-bond acceptors (Lipinski definition) is 3. The molecular weight excluding hydrogens is 250 g/mol. The van der Waals surface area contributed by atoms with Crippen LogP contribution in [0.3, 0.4) is 0 Å². The summed E-state index contributed by atoms with van der Waals surface area (Å²) in [5.74, 6) is 1.70. The standard InChI is InChI=1S/C17H19NO2/c1-19-13-7-8-17-15(10-13)16(18)11-14(20-17)9-12-5-3-2-4-6-12/h2-8,10,14,16H,9,11,18H2,1H3/t14?,16-/m0/s1. The molecule has 0 amide bonds.